The van der Waals surface area contributed by atoms with E-state index in [2.05, 4.69) is 0 Å². The highest BCUT2D eigenvalue weighted by atomic mass is 16.1. The van der Waals surface area contributed by atoms with E-state index in [0.717, 1.165) is 0 Å². The van der Waals surface area contributed by atoms with Crippen LogP contribution in [0, 0.1) is 11.8 Å². The molecule has 0 saturated heterocycles. The molecule has 0 rings (SSSR count). The molecule has 0 aliphatic heterocycles. The van der Waals surface area contributed by atoms with Gasteiger partial charge in [-0.05, 0) is 6.92 Å². The van der Waals surface area contributed by atoms with Gasteiger partial charge in [0.2, 0.25) is 0 Å². The maximum absolute atomic E-state index is 11.2. The van der Waals surface area contributed by atoms with Gasteiger partial charge in [0.15, 0.2) is 0 Å². The van der Waals surface area contributed by atoms with E-state index in [1.54, 1.807) is 13.8 Å². The molecule has 0 heterocycles. The van der Waals surface area contributed by atoms with Gasteiger partial charge in [0.25, 0.3) is 0 Å². The van der Waals surface area contributed by atoms with Gasteiger partial charge in [0, 0.05) is 12.3 Å². The highest BCUT2D eigenvalue weighted by Gasteiger charge is 2.21. The summed E-state index contributed by atoms with van der Waals surface area (Å²) in [4.78, 5) is 22.3. The van der Waals surface area contributed by atoms with E-state index >= 15 is 0 Å². The maximum atomic E-state index is 11.2. The van der Waals surface area contributed by atoms with Crippen molar-refractivity contribution >= 4 is 11.6 Å². The molecule has 0 fully saturated rings. The largest absolute Gasteiger partial charge is 0.299 e. The molecule has 0 radical (unpaired) electrons. The maximum Gasteiger partial charge on any atom is 0.145 e. The van der Waals surface area contributed by atoms with Crippen LogP contribution in [0.25, 0.3) is 0 Å². The minimum absolute atomic E-state index is 0.0273. The first kappa shape index (κ1) is 10.3. The van der Waals surface area contributed by atoms with Crippen LogP contribution in [0.3, 0.4) is 0 Å². The van der Waals surface area contributed by atoms with Crippen LogP contribution in [0.1, 0.15) is 34.1 Å². The fourth-order valence-electron chi connectivity index (χ4n) is 0.965. The molecule has 0 aliphatic rings. The van der Waals surface area contributed by atoms with E-state index < -0.39 is 5.92 Å². The molecule has 0 amide bonds. The second-order valence-corrected chi connectivity index (χ2v) is 3.10. The summed E-state index contributed by atoms with van der Waals surface area (Å²) in [7, 11) is 0. The first-order chi connectivity index (χ1) is 5.00. The molecule has 0 N–H and O–H groups in total. The Kier molecular flexibility index (Phi) is 4.01. The summed E-state index contributed by atoms with van der Waals surface area (Å²) in [6.45, 7) is 7.12. The highest BCUT2D eigenvalue weighted by molar-refractivity contribution is 6.02. The summed E-state index contributed by atoms with van der Waals surface area (Å²) in [5.74, 6) is -0.332. The molecule has 2 heteroatoms. The average molecular weight is 156 g/mol. The lowest BCUT2D eigenvalue weighted by atomic mass is 9.92. The van der Waals surface area contributed by atoms with Crippen LogP contribution >= 0.6 is 0 Å². The van der Waals surface area contributed by atoms with Gasteiger partial charge in [-0.3, -0.25) is 9.59 Å². The number of rotatable bonds is 4. The molecule has 64 valence electrons. The quantitative estimate of drug-likeness (QED) is 0.582. The summed E-state index contributed by atoms with van der Waals surface area (Å²) < 4.78 is 0. The molecule has 2 nitrogen and oxygen atoms in total. The number of carbonyl (C=O) groups is 2. The third-order valence-corrected chi connectivity index (χ3v) is 1.83. The minimum Gasteiger partial charge on any atom is -0.299 e. The predicted octanol–water partition coefficient (Wildman–Crippen LogP) is 1.83. The smallest absolute Gasteiger partial charge is 0.145 e. The van der Waals surface area contributed by atoms with E-state index in [-0.39, 0.29) is 17.5 Å². The Hall–Kier alpha value is -0.660. The van der Waals surface area contributed by atoms with Crippen molar-refractivity contribution < 1.29 is 9.59 Å². The van der Waals surface area contributed by atoms with Crippen molar-refractivity contribution in [2.75, 3.05) is 0 Å². The molecule has 1 atom stereocenters. The Labute approximate surface area is 68.0 Å². The van der Waals surface area contributed by atoms with Crippen molar-refractivity contribution in [3.63, 3.8) is 0 Å². The van der Waals surface area contributed by atoms with Crippen molar-refractivity contribution in [2.24, 2.45) is 11.8 Å². The van der Waals surface area contributed by atoms with Crippen LogP contribution in [0.5, 0.6) is 0 Å². The molecule has 11 heavy (non-hydrogen) atoms. The topological polar surface area (TPSA) is 34.1 Å². The van der Waals surface area contributed by atoms with Gasteiger partial charge >= 0.3 is 0 Å². The average Bonchev–Trinajstić information content (AvgIpc) is 2.00. The summed E-state index contributed by atoms with van der Waals surface area (Å²) >= 11 is 0. The highest BCUT2D eigenvalue weighted by Crippen LogP contribution is 2.08. The van der Waals surface area contributed by atoms with Crippen molar-refractivity contribution in [1.82, 2.24) is 0 Å². The second kappa shape index (κ2) is 4.27. The lowest BCUT2D eigenvalue weighted by molar-refractivity contribution is -0.133. The second-order valence-electron chi connectivity index (χ2n) is 3.10. The SMILES string of the molecule is CCC(=O)C(C)C(=O)C(C)C. The van der Waals surface area contributed by atoms with E-state index in [0.29, 0.717) is 6.42 Å². The van der Waals surface area contributed by atoms with E-state index in [1.807, 2.05) is 13.8 Å². The Morgan fingerprint density at radius 3 is 1.91 bits per heavy atom. The van der Waals surface area contributed by atoms with Gasteiger partial charge in [-0.1, -0.05) is 20.8 Å². The molecule has 0 bridgehead atoms. The predicted molar refractivity (Wildman–Crippen MR) is 44.3 cm³/mol. The van der Waals surface area contributed by atoms with Crippen LogP contribution in [0.2, 0.25) is 0 Å². The fraction of sp³-hybridized carbons (Fsp3) is 0.778. The Morgan fingerprint density at radius 1 is 1.18 bits per heavy atom. The molecule has 1 unspecified atom stereocenters. The third kappa shape index (κ3) is 2.83. The van der Waals surface area contributed by atoms with Crippen LogP contribution in [0.4, 0.5) is 0 Å². The first-order valence-electron chi connectivity index (χ1n) is 4.07. The van der Waals surface area contributed by atoms with Gasteiger partial charge in [-0.2, -0.15) is 0 Å². The lowest BCUT2D eigenvalue weighted by Crippen LogP contribution is -2.24. The van der Waals surface area contributed by atoms with Gasteiger partial charge in [0.1, 0.15) is 11.6 Å². The zero-order valence-electron chi connectivity index (χ0n) is 7.68. The van der Waals surface area contributed by atoms with Crippen molar-refractivity contribution in [3.8, 4) is 0 Å². The Morgan fingerprint density at radius 2 is 1.64 bits per heavy atom. The summed E-state index contributed by atoms with van der Waals surface area (Å²) in [5, 5.41) is 0. The normalized spacial score (nSPS) is 13.2. The number of ketones is 2. The molecule has 0 spiro atoms. The number of carbonyl (C=O) groups excluding carboxylic acids is 2. The van der Waals surface area contributed by atoms with Crippen LogP contribution in [-0.4, -0.2) is 11.6 Å². The van der Waals surface area contributed by atoms with Crippen LogP contribution < -0.4 is 0 Å². The molecule has 0 aliphatic carbocycles. The molecule has 0 aromatic carbocycles. The summed E-state index contributed by atoms with van der Waals surface area (Å²) in [5.41, 5.74) is 0. The van der Waals surface area contributed by atoms with E-state index in [4.69, 9.17) is 0 Å². The molecule has 0 saturated carbocycles. The van der Waals surface area contributed by atoms with Crippen molar-refractivity contribution in [1.29, 1.82) is 0 Å². The minimum atomic E-state index is -0.403. The molecule has 0 aromatic heterocycles. The standard InChI is InChI=1S/C9H16O2/c1-5-8(10)7(4)9(11)6(2)3/h6-7H,5H2,1-4H3. The summed E-state index contributed by atoms with van der Waals surface area (Å²) in [6.07, 6.45) is 0.458. The van der Waals surface area contributed by atoms with Crippen LogP contribution in [0.15, 0.2) is 0 Å². The van der Waals surface area contributed by atoms with E-state index in [1.165, 1.54) is 0 Å². The van der Waals surface area contributed by atoms with Gasteiger partial charge in [-0.25, -0.2) is 0 Å². The lowest BCUT2D eigenvalue weighted by Gasteiger charge is -2.09. The van der Waals surface area contributed by atoms with Gasteiger partial charge in [-0.15, -0.1) is 0 Å². The number of hydrogen-bond donors (Lipinski definition) is 0. The summed E-state index contributed by atoms with van der Waals surface area (Å²) in [6, 6.07) is 0. The fourth-order valence-corrected chi connectivity index (χ4v) is 0.965. The Balaban J connectivity index is 4.13. The zero-order chi connectivity index (χ0) is 9.02. The van der Waals surface area contributed by atoms with Crippen molar-refractivity contribution in [2.45, 2.75) is 34.1 Å². The van der Waals surface area contributed by atoms with Crippen LogP contribution in [-0.2, 0) is 9.59 Å². The van der Waals surface area contributed by atoms with Gasteiger partial charge < -0.3 is 0 Å². The first-order valence-corrected chi connectivity index (χ1v) is 4.07. The monoisotopic (exact) mass is 156 g/mol. The molecular formula is C9H16O2. The van der Waals surface area contributed by atoms with Gasteiger partial charge in [0.05, 0.1) is 5.92 Å². The number of Topliss-reactive ketones (excluding diaryl/α,β-unsaturated/α-hetero) is 2. The zero-order valence-corrected chi connectivity index (χ0v) is 7.68. The molecule has 0 aromatic rings. The van der Waals surface area contributed by atoms with Crippen molar-refractivity contribution in [3.05, 3.63) is 0 Å². The molecular weight excluding hydrogens is 140 g/mol. The third-order valence-electron chi connectivity index (χ3n) is 1.83. The van der Waals surface area contributed by atoms with E-state index in [9.17, 15) is 9.59 Å². The number of hydrogen-bond acceptors (Lipinski definition) is 2. The Bertz CT molecular complexity index is 159.